The highest BCUT2D eigenvalue weighted by molar-refractivity contribution is 5.83. The molecule has 100 valence electrons. The average molecular weight is 265 g/mol. The molecule has 0 spiro atoms. The zero-order chi connectivity index (χ0) is 11.9. The van der Waals surface area contributed by atoms with Crippen molar-refractivity contribution >= 4 is 16.7 Å². The van der Waals surface area contributed by atoms with Crippen molar-refractivity contribution in [3.05, 3.63) is 40.2 Å². The summed E-state index contributed by atoms with van der Waals surface area (Å²) in [5, 5.41) is -0.179. The third-order valence-corrected chi connectivity index (χ3v) is 2.07. The molecule has 0 aliphatic heterocycles. The van der Waals surface area contributed by atoms with Crippen LogP contribution < -0.4 is 11.4 Å². The normalized spacial score (nSPS) is 10.6. The Labute approximate surface area is 98.2 Å². The van der Waals surface area contributed by atoms with E-state index in [0.29, 0.717) is 6.07 Å². The lowest BCUT2D eigenvalue weighted by atomic mass is 10.1. The summed E-state index contributed by atoms with van der Waals surface area (Å²) in [7, 11) is 0. The van der Waals surface area contributed by atoms with E-state index >= 15 is 0 Å². The molecule has 0 aliphatic carbocycles. The number of nitrogens with two attached hydrogens (primary N) is 1. The van der Waals surface area contributed by atoms with Gasteiger partial charge in [0.15, 0.2) is 0 Å². The molecule has 6 N–H and O–H groups in total. The Morgan fingerprint density at radius 2 is 1.72 bits per heavy atom. The van der Waals surface area contributed by atoms with Crippen molar-refractivity contribution in [1.82, 2.24) is 0 Å². The molecule has 2 rings (SSSR count). The zero-order valence-corrected chi connectivity index (χ0v) is 8.84. The summed E-state index contributed by atoms with van der Waals surface area (Å²) >= 11 is 0. The molecule has 0 unspecified atom stereocenters. The molecule has 0 saturated heterocycles. The van der Waals surface area contributed by atoms with Crippen LogP contribution in [-0.4, -0.2) is 11.0 Å². The summed E-state index contributed by atoms with van der Waals surface area (Å²) in [4.78, 5) is 11.0. The molecule has 18 heavy (non-hydrogen) atoms. The topological polar surface area (TPSA) is 119 Å². The molecule has 1 aromatic heterocycles. The molecule has 0 saturated carbocycles. The second-order valence-electron chi connectivity index (χ2n) is 3.23. The van der Waals surface area contributed by atoms with E-state index in [1.165, 1.54) is 18.2 Å². The van der Waals surface area contributed by atoms with Crippen molar-refractivity contribution in [3.63, 3.8) is 0 Å². The molecular weight excluding hydrogens is 255 g/mol. The lowest BCUT2D eigenvalue weighted by Crippen LogP contribution is -2.11. The van der Waals surface area contributed by atoms with Crippen LogP contribution in [-0.2, 0) is 6.18 Å². The molecule has 8 heteroatoms. The highest BCUT2D eigenvalue weighted by atomic mass is 19.4. The Hall–Kier alpha value is -2.06. The highest BCUT2D eigenvalue weighted by Gasteiger charge is 2.33. The van der Waals surface area contributed by atoms with Crippen LogP contribution in [0, 0.1) is 0 Å². The Balaban J connectivity index is 0.00000144. The molecule has 0 bridgehead atoms. The SMILES string of the molecule is Nc1ccc2c(C(F)(F)F)cc(=O)oc2c1.O.O. The van der Waals surface area contributed by atoms with Crippen molar-refractivity contribution in [2.75, 3.05) is 5.73 Å². The Bertz CT molecular complexity index is 606. The summed E-state index contributed by atoms with van der Waals surface area (Å²) in [5.74, 6) is 0. The Kier molecular flexibility index (Phi) is 4.49. The van der Waals surface area contributed by atoms with Gasteiger partial charge < -0.3 is 21.1 Å². The number of hydrogen-bond acceptors (Lipinski definition) is 3. The van der Waals surface area contributed by atoms with Crippen LogP contribution in [0.4, 0.5) is 18.9 Å². The van der Waals surface area contributed by atoms with Gasteiger partial charge in [0.05, 0.1) is 5.56 Å². The highest BCUT2D eigenvalue weighted by Crippen LogP contribution is 2.34. The largest absolute Gasteiger partial charge is 0.423 e. The van der Waals surface area contributed by atoms with Crippen molar-refractivity contribution in [1.29, 1.82) is 0 Å². The quantitative estimate of drug-likeness (QED) is 0.558. The molecular formula is C10H10F3NO4. The van der Waals surface area contributed by atoms with Gasteiger partial charge in [-0.3, -0.25) is 0 Å². The van der Waals surface area contributed by atoms with E-state index in [4.69, 9.17) is 5.73 Å². The van der Waals surface area contributed by atoms with Gasteiger partial charge in [-0.15, -0.1) is 0 Å². The Morgan fingerprint density at radius 3 is 2.28 bits per heavy atom. The number of nitrogen functional groups attached to an aromatic ring is 1. The molecule has 0 atom stereocenters. The maximum atomic E-state index is 12.6. The fourth-order valence-electron chi connectivity index (χ4n) is 1.41. The van der Waals surface area contributed by atoms with Crippen molar-refractivity contribution in [3.8, 4) is 0 Å². The molecule has 1 heterocycles. The predicted molar refractivity (Wildman–Crippen MR) is 59.1 cm³/mol. The second kappa shape index (κ2) is 5.07. The average Bonchev–Trinajstić information content (AvgIpc) is 2.14. The van der Waals surface area contributed by atoms with Crippen molar-refractivity contribution in [2.24, 2.45) is 0 Å². The summed E-state index contributed by atoms with van der Waals surface area (Å²) in [5.41, 5.74) is 3.39. The molecule has 0 radical (unpaired) electrons. The number of alkyl halides is 3. The first kappa shape index (κ1) is 15.9. The molecule has 1 aromatic carbocycles. The van der Waals surface area contributed by atoms with E-state index in [1.54, 1.807) is 0 Å². The van der Waals surface area contributed by atoms with Gasteiger partial charge in [-0.05, 0) is 12.1 Å². The summed E-state index contributed by atoms with van der Waals surface area (Å²) in [6, 6.07) is 4.11. The fraction of sp³-hybridized carbons (Fsp3) is 0.100. The second-order valence-corrected chi connectivity index (χ2v) is 3.23. The molecule has 2 aromatic rings. The first-order chi connectivity index (χ1) is 7.38. The van der Waals surface area contributed by atoms with Gasteiger partial charge in [0.25, 0.3) is 0 Å². The number of benzene rings is 1. The zero-order valence-electron chi connectivity index (χ0n) is 8.84. The minimum absolute atomic E-state index is 0. The first-order valence-corrected chi connectivity index (χ1v) is 4.28. The summed E-state index contributed by atoms with van der Waals surface area (Å²) < 4.78 is 42.4. The van der Waals surface area contributed by atoms with Crippen molar-refractivity contribution < 1.29 is 28.5 Å². The van der Waals surface area contributed by atoms with E-state index in [9.17, 15) is 18.0 Å². The van der Waals surface area contributed by atoms with Gasteiger partial charge in [-0.25, -0.2) is 4.79 Å². The van der Waals surface area contributed by atoms with E-state index in [1.807, 2.05) is 0 Å². The van der Waals surface area contributed by atoms with E-state index in [0.717, 1.165) is 0 Å². The van der Waals surface area contributed by atoms with Gasteiger partial charge >= 0.3 is 11.8 Å². The lowest BCUT2D eigenvalue weighted by molar-refractivity contribution is -0.136. The maximum Gasteiger partial charge on any atom is 0.417 e. The standard InChI is InChI=1S/C10H6F3NO2.2H2O/c11-10(12,13)7-4-9(15)16-8-3-5(14)1-2-6(7)8;;/h1-4H,14H2;2*1H2. The molecule has 0 amide bonds. The van der Waals surface area contributed by atoms with Gasteiger partial charge in [-0.2, -0.15) is 13.2 Å². The smallest absolute Gasteiger partial charge is 0.417 e. The third-order valence-electron chi connectivity index (χ3n) is 2.07. The number of anilines is 1. The van der Waals surface area contributed by atoms with Crippen LogP contribution in [0.2, 0.25) is 0 Å². The van der Waals surface area contributed by atoms with E-state index in [2.05, 4.69) is 4.42 Å². The molecule has 0 aliphatic rings. The number of halogens is 3. The van der Waals surface area contributed by atoms with Crippen LogP contribution in [0.1, 0.15) is 5.56 Å². The van der Waals surface area contributed by atoms with Crippen LogP contribution in [0.5, 0.6) is 0 Å². The first-order valence-electron chi connectivity index (χ1n) is 4.28. The predicted octanol–water partition coefficient (Wildman–Crippen LogP) is 0.745. The number of hydrogen-bond donors (Lipinski definition) is 1. The number of rotatable bonds is 0. The lowest BCUT2D eigenvalue weighted by Gasteiger charge is -2.08. The van der Waals surface area contributed by atoms with Crippen LogP contribution in [0.3, 0.4) is 0 Å². The summed E-state index contributed by atoms with van der Waals surface area (Å²) in [6.07, 6.45) is -4.59. The van der Waals surface area contributed by atoms with Gasteiger partial charge in [0.1, 0.15) is 5.58 Å². The van der Waals surface area contributed by atoms with E-state index in [-0.39, 0.29) is 27.6 Å². The Morgan fingerprint density at radius 1 is 1.11 bits per heavy atom. The molecule has 0 fully saturated rings. The fourth-order valence-corrected chi connectivity index (χ4v) is 1.41. The van der Waals surface area contributed by atoms with Crippen LogP contribution in [0.25, 0.3) is 11.0 Å². The van der Waals surface area contributed by atoms with Crippen LogP contribution in [0.15, 0.2) is 33.5 Å². The summed E-state index contributed by atoms with van der Waals surface area (Å²) in [6.45, 7) is 0. The minimum atomic E-state index is -4.59. The van der Waals surface area contributed by atoms with Gasteiger partial charge in [0.2, 0.25) is 0 Å². The number of fused-ring (bicyclic) bond motifs is 1. The maximum absolute atomic E-state index is 12.6. The third kappa shape index (κ3) is 2.79. The van der Waals surface area contributed by atoms with Crippen molar-refractivity contribution in [2.45, 2.75) is 6.18 Å². The monoisotopic (exact) mass is 265 g/mol. The minimum Gasteiger partial charge on any atom is -0.423 e. The van der Waals surface area contributed by atoms with Gasteiger partial charge in [-0.1, -0.05) is 0 Å². The van der Waals surface area contributed by atoms with Crippen LogP contribution >= 0.6 is 0 Å². The van der Waals surface area contributed by atoms with Gasteiger partial charge in [0, 0.05) is 23.2 Å². The molecule has 5 nitrogen and oxygen atoms in total. The van der Waals surface area contributed by atoms with E-state index < -0.39 is 17.4 Å².